The van der Waals surface area contributed by atoms with Gasteiger partial charge in [-0.15, -0.1) is 11.3 Å². The number of hydrogen-bond donors (Lipinski definition) is 1. The molecular formula is C20H28N2O4S. The number of likely N-dealkylation sites (tertiary alicyclic amines) is 1. The molecular weight excluding hydrogens is 364 g/mol. The summed E-state index contributed by atoms with van der Waals surface area (Å²) in [4.78, 5) is 39.9. The number of hydrogen-bond acceptors (Lipinski definition) is 5. The maximum Gasteiger partial charge on any atom is 0.341 e. The molecule has 2 heterocycles. The smallest absolute Gasteiger partial charge is 0.341 e. The zero-order valence-corrected chi connectivity index (χ0v) is 17.3. The minimum atomic E-state index is -0.547. The van der Waals surface area contributed by atoms with Gasteiger partial charge in [-0.1, -0.05) is 13.8 Å². The van der Waals surface area contributed by atoms with Crippen molar-refractivity contribution in [3.8, 4) is 0 Å². The highest BCUT2D eigenvalue weighted by molar-refractivity contribution is 7.16. The maximum atomic E-state index is 12.6. The van der Waals surface area contributed by atoms with E-state index in [0.717, 1.165) is 29.7 Å². The Balaban J connectivity index is 1.63. The average molecular weight is 393 g/mol. The highest BCUT2D eigenvalue weighted by Gasteiger charge is 2.32. The van der Waals surface area contributed by atoms with E-state index in [2.05, 4.69) is 19.2 Å². The van der Waals surface area contributed by atoms with Crippen LogP contribution in [0.5, 0.6) is 0 Å². The SMILES string of the molecule is Cc1sc(NC(=O)C2CC2)c(C(=O)OCC(=O)N2C[C@H](C)C[C@H](C)C2)c1C. The topological polar surface area (TPSA) is 75.7 Å². The van der Waals surface area contributed by atoms with Crippen molar-refractivity contribution in [1.82, 2.24) is 4.90 Å². The Bertz CT molecular complexity index is 743. The largest absolute Gasteiger partial charge is 0.452 e. The fourth-order valence-electron chi connectivity index (χ4n) is 3.68. The number of carbonyl (C=O) groups is 3. The highest BCUT2D eigenvalue weighted by Crippen LogP contribution is 2.36. The summed E-state index contributed by atoms with van der Waals surface area (Å²) in [5.74, 6) is 0.224. The maximum absolute atomic E-state index is 12.6. The first-order valence-corrected chi connectivity index (χ1v) is 10.4. The van der Waals surface area contributed by atoms with E-state index >= 15 is 0 Å². The van der Waals surface area contributed by atoms with E-state index in [0.29, 0.717) is 35.5 Å². The van der Waals surface area contributed by atoms with Gasteiger partial charge in [-0.25, -0.2) is 4.79 Å². The van der Waals surface area contributed by atoms with Crippen molar-refractivity contribution in [3.63, 3.8) is 0 Å². The standard InChI is InChI=1S/C20H28N2O4S/c1-11-7-12(2)9-22(8-11)16(23)10-26-20(25)17-13(3)14(4)27-19(17)21-18(24)15-5-6-15/h11-12,15H,5-10H2,1-4H3,(H,21,24)/t11-,12+. The zero-order valence-electron chi connectivity index (χ0n) is 16.5. The second-order valence-electron chi connectivity index (χ2n) is 8.07. The zero-order chi connectivity index (χ0) is 19.7. The lowest BCUT2D eigenvalue weighted by Gasteiger charge is -2.34. The monoisotopic (exact) mass is 392 g/mol. The summed E-state index contributed by atoms with van der Waals surface area (Å²) in [6, 6.07) is 0. The van der Waals surface area contributed by atoms with Gasteiger partial charge in [0.2, 0.25) is 5.91 Å². The van der Waals surface area contributed by atoms with Gasteiger partial charge >= 0.3 is 5.97 Å². The number of nitrogens with zero attached hydrogens (tertiary/aromatic N) is 1. The van der Waals surface area contributed by atoms with E-state index in [-0.39, 0.29) is 24.3 Å². The average Bonchev–Trinajstić information content (AvgIpc) is 3.39. The van der Waals surface area contributed by atoms with Crippen LogP contribution < -0.4 is 5.32 Å². The summed E-state index contributed by atoms with van der Waals surface area (Å²) < 4.78 is 5.33. The van der Waals surface area contributed by atoms with Crippen LogP contribution in [0.2, 0.25) is 0 Å². The van der Waals surface area contributed by atoms with Crippen LogP contribution in [-0.4, -0.2) is 42.4 Å². The van der Waals surface area contributed by atoms with Gasteiger partial charge in [-0.05, 0) is 50.5 Å². The van der Waals surface area contributed by atoms with Crippen LogP contribution in [0.25, 0.3) is 0 Å². The molecule has 2 fully saturated rings. The Morgan fingerprint density at radius 2 is 1.78 bits per heavy atom. The van der Waals surface area contributed by atoms with Crippen LogP contribution in [0.3, 0.4) is 0 Å². The molecule has 2 atom stereocenters. The predicted octanol–water partition coefficient (Wildman–Crippen LogP) is 3.37. The van der Waals surface area contributed by atoms with Crippen molar-refractivity contribution in [2.75, 3.05) is 25.0 Å². The molecule has 1 aromatic heterocycles. The normalized spacial score (nSPS) is 22.4. The first kappa shape index (κ1) is 19.9. The number of ether oxygens (including phenoxy) is 1. The van der Waals surface area contributed by atoms with Gasteiger partial charge in [0.25, 0.3) is 5.91 Å². The van der Waals surface area contributed by atoms with E-state index in [1.54, 1.807) is 4.90 Å². The first-order valence-electron chi connectivity index (χ1n) is 9.62. The van der Waals surface area contributed by atoms with Crippen LogP contribution in [-0.2, 0) is 14.3 Å². The van der Waals surface area contributed by atoms with Gasteiger partial charge in [0, 0.05) is 23.9 Å². The third-order valence-corrected chi connectivity index (χ3v) is 6.45. The lowest BCUT2D eigenvalue weighted by molar-refractivity contribution is -0.137. The fourth-order valence-corrected chi connectivity index (χ4v) is 4.73. The van der Waals surface area contributed by atoms with Crippen LogP contribution in [0.1, 0.15) is 53.9 Å². The molecule has 0 spiro atoms. The molecule has 1 saturated heterocycles. The Labute approximate surface area is 164 Å². The quantitative estimate of drug-likeness (QED) is 0.780. The molecule has 6 nitrogen and oxygen atoms in total. The van der Waals surface area contributed by atoms with Gasteiger partial charge in [0.15, 0.2) is 6.61 Å². The Kier molecular flexibility index (Phi) is 5.89. The number of nitrogens with one attached hydrogen (secondary N) is 1. The van der Waals surface area contributed by atoms with E-state index in [9.17, 15) is 14.4 Å². The number of amides is 2. The van der Waals surface area contributed by atoms with Gasteiger partial charge in [0.05, 0.1) is 5.56 Å². The molecule has 0 radical (unpaired) electrons. The van der Waals surface area contributed by atoms with Crippen LogP contribution >= 0.6 is 11.3 Å². The highest BCUT2D eigenvalue weighted by atomic mass is 32.1. The minimum absolute atomic E-state index is 0.0438. The van der Waals surface area contributed by atoms with Crippen LogP contribution in [0.15, 0.2) is 0 Å². The molecule has 1 aliphatic carbocycles. The second kappa shape index (κ2) is 8.00. The molecule has 7 heteroatoms. The molecule has 2 aliphatic rings. The van der Waals surface area contributed by atoms with E-state index in [4.69, 9.17) is 4.74 Å². The molecule has 0 aromatic carbocycles. The third-order valence-electron chi connectivity index (χ3n) is 5.32. The number of thiophene rings is 1. The number of piperidine rings is 1. The summed E-state index contributed by atoms with van der Waals surface area (Å²) in [6.45, 7) is 9.17. The Morgan fingerprint density at radius 3 is 2.37 bits per heavy atom. The number of carbonyl (C=O) groups excluding carboxylic acids is 3. The molecule has 0 unspecified atom stereocenters. The Hall–Kier alpha value is -1.89. The van der Waals surface area contributed by atoms with E-state index in [1.165, 1.54) is 11.3 Å². The van der Waals surface area contributed by atoms with E-state index < -0.39 is 5.97 Å². The van der Waals surface area contributed by atoms with Gasteiger partial charge < -0.3 is 15.0 Å². The van der Waals surface area contributed by atoms with Gasteiger partial charge in [-0.3, -0.25) is 9.59 Å². The van der Waals surface area contributed by atoms with Crippen LogP contribution in [0, 0.1) is 31.6 Å². The van der Waals surface area contributed by atoms with Crippen molar-refractivity contribution >= 4 is 34.1 Å². The van der Waals surface area contributed by atoms with Gasteiger partial charge in [0.1, 0.15) is 5.00 Å². The number of rotatable bonds is 5. The summed E-state index contributed by atoms with van der Waals surface area (Å²) in [6.07, 6.45) is 2.91. The molecule has 3 rings (SSSR count). The minimum Gasteiger partial charge on any atom is -0.452 e. The summed E-state index contributed by atoms with van der Waals surface area (Å²) >= 11 is 1.38. The molecule has 2 amide bonds. The Morgan fingerprint density at radius 1 is 1.15 bits per heavy atom. The number of anilines is 1. The summed E-state index contributed by atoms with van der Waals surface area (Å²) in [7, 11) is 0. The lowest BCUT2D eigenvalue weighted by atomic mass is 9.92. The lowest BCUT2D eigenvalue weighted by Crippen LogP contribution is -2.44. The van der Waals surface area contributed by atoms with E-state index in [1.807, 2.05) is 13.8 Å². The van der Waals surface area contributed by atoms with Crippen molar-refractivity contribution < 1.29 is 19.1 Å². The molecule has 1 saturated carbocycles. The molecule has 0 bridgehead atoms. The van der Waals surface area contributed by atoms with Crippen LogP contribution in [0.4, 0.5) is 5.00 Å². The van der Waals surface area contributed by atoms with Crippen molar-refractivity contribution in [1.29, 1.82) is 0 Å². The fraction of sp³-hybridized carbons (Fsp3) is 0.650. The number of esters is 1. The molecule has 1 aromatic rings. The molecule has 1 N–H and O–H groups in total. The van der Waals surface area contributed by atoms with Crippen molar-refractivity contribution in [3.05, 3.63) is 16.0 Å². The van der Waals surface area contributed by atoms with Crippen molar-refractivity contribution in [2.45, 2.75) is 47.0 Å². The molecule has 27 heavy (non-hydrogen) atoms. The molecule has 1 aliphatic heterocycles. The predicted molar refractivity (Wildman–Crippen MR) is 105 cm³/mol. The molecule has 148 valence electrons. The summed E-state index contributed by atoms with van der Waals surface area (Å²) in [5, 5.41) is 3.39. The third kappa shape index (κ3) is 4.69. The van der Waals surface area contributed by atoms with Gasteiger partial charge in [-0.2, -0.15) is 0 Å². The number of aryl methyl sites for hydroxylation is 1. The van der Waals surface area contributed by atoms with Crippen molar-refractivity contribution in [2.24, 2.45) is 17.8 Å². The first-order chi connectivity index (χ1) is 12.8. The summed E-state index contributed by atoms with van der Waals surface area (Å²) in [5.41, 5.74) is 1.17. The second-order valence-corrected chi connectivity index (χ2v) is 9.30.